The van der Waals surface area contributed by atoms with Crippen LogP contribution in [0.5, 0.6) is 11.5 Å². The van der Waals surface area contributed by atoms with Crippen LogP contribution in [0.25, 0.3) is 6.08 Å². The van der Waals surface area contributed by atoms with Gasteiger partial charge >= 0.3 is 0 Å². The summed E-state index contributed by atoms with van der Waals surface area (Å²) in [6.07, 6.45) is 5.29. The first-order chi connectivity index (χ1) is 15.1. The molecule has 0 aromatic heterocycles. The summed E-state index contributed by atoms with van der Waals surface area (Å²) in [7, 11) is 1.65. The van der Waals surface area contributed by atoms with E-state index >= 15 is 0 Å². The van der Waals surface area contributed by atoms with Crippen LogP contribution in [-0.4, -0.2) is 50.8 Å². The molecular formula is C25H30N2O4. The van der Waals surface area contributed by atoms with Crippen LogP contribution in [0.3, 0.4) is 0 Å². The Labute approximate surface area is 183 Å². The zero-order valence-corrected chi connectivity index (χ0v) is 18.0. The van der Waals surface area contributed by atoms with E-state index in [1.54, 1.807) is 13.2 Å². The number of methoxy groups -OCH3 is 1. The lowest BCUT2D eigenvalue weighted by Gasteiger charge is -2.38. The van der Waals surface area contributed by atoms with Crippen LogP contribution in [0.4, 0.5) is 0 Å². The van der Waals surface area contributed by atoms with Crippen molar-refractivity contribution in [2.75, 3.05) is 40.0 Å². The van der Waals surface area contributed by atoms with E-state index in [1.165, 1.54) is 5.56 Å². The molecule has 1 spiro atoms. The fourth-order valence-electron chi connectivity index (χ4n) is 4.33. The Hall–Kier alpha value is -2.83. The van der Waals surface area contributed by atoms with E-state index < -0.39 is 0 Å². The Morgan fingerprint density at radius 1 is 1.19 bits per heavy atom. The molecule has 2 aromatic carbocycles. The fraction of sp³-hybridized carbons (Fsp3) is 0.400. The normalized spacial score (nSPS) is 17.0. The molecule has 2 heterocycles. The number of likely N-dealkylation sites (tertiary alicyclic amines) is 1. The van der Waals surface area contributed by atoms with E-state index in [9.17, 15) is 4.79 Å². The third-order valence-electron chi connectivity index (χ3n) is 6.22. The highest BCUT2D eigenvalue weighted by atomic mass is 16.5. The van der Waals surface area contributed by atoms with Crippen molar-refractivity contribution in [1.29, 1.82) is 0 Å². The molecule has 0 radical (unpaired) electrons. The van der Waals surface area contributed by atoms with E-state index in [2.05, 4.69) is 6.07 Å². The molecule has 0 bridgehead atoms. The predicted octanol–water partition coefficient (Wildman–Crippen LogP) is 3.14. The number of fused-ring (bicyclic) bond motifs is 2. The Morgan fingerprint density at radius 2 is 2.03 bits per heavy atom. The average Bonchev–Trinajstić information content (AvgIpc) is 3.15. The van der Waals surface area contributed by atoms with Gasteiger partial charge in [0.2, 0.25) is 5.91 Å². The van der Waals surface area contributed by atoms with Crippen molar-refractivity contribution in [1.82, 2.24) is 4.90 Å². The van der Waals surface area contributed by atoms with E-state index in [0.29, 0.717) is 26.4 Å². The Morgan fingerprint density at radius 3 is 2.81 bits per heavy atom. The molecule has 0 aliphatic carbocycles. The number of amides is 1. The highest BCUT2D eigenvalue weighted by Gasteiger charge is 2.43. The minimum atomic E-state index is -0.00508. The quantitative estimate of drug-likeness (QED) is 0.548. The molecular weight excluding hydrogens is 392 g/mol. The second kappa shape index (κ2) is 9.54. The molecule has 2 aliphatic rings. The first-order valence-electron chi connectivity index (χ1n) is 10.8. The number of benzene rings is 2. The van der Waals surface area contributed by atoms with Crippen LogP contribution >= 0.6 is 0 Å². The van der Waals surface area contributed by atoms with Crippen molar-refractivity contribution in [3.63, 3.8) is 0 Å². The third kappa shape index (κ3) is 4.75. The lowest BCUT2D eigenvalue weighted by Crippen LogP contribution is -2.45. The highest BCUT2D eigenvalue weighted by molar-refractivity contribution is 5.92. The second-order valence-corrected chi connectivity index (χ2v) is 8.18. The maximum Gasteiger partial charge on any atom is 0.246 e. The summed E-state index contributed by atoms with van der Waals surface area (Å²) < 4.78 is 16.6. The van der Waals surface area contributed by atoms with Gasteiger partial charge in [0.1, 0.15) is 18.1 Å². The zero-order valence-electron chi connectivity index (χ0n) is 18.0. The van der Waals surface area contributed by atoms with Gasteiger partial charge in [-0.2, -0.15) is 0 Å². The summed E-state index contributed by atoms with van der Waals surface area (Å²) in [5.74, 6) is 1.77. The van der Waals surface area contributed by atoms with Gasteiger partial charge in [0.15, 0.2) is 0 Å². The lowest BCUT2D eigenvalue weighted by atomic mass is 9.74. The van der Waals surface area contributed by atoms with Crippen molar-refractivity contribution < 1.29 is 19.0 Å². The first-order valence-corrected chi connectivity index (χ1v) is 10.8. The predicted molar refractivity (Wildman–Crippen MR) is 120 cm³/mol. The monoisotopic (exact) mass is 422 g/mol. The first kappa shape index (κ1) is 21.4. The highest BCUT2D eigenvalue weighted by Crippen LogP contribution is 2.45. The Kier molecular flexibility index (Phi) is 6.59. The molecule has 31 heavy (non-hydrogen) atoms. The van der Waals surface area contributed by atoms with Crippen LogP contribution < -0.4 is 15.2 Å². The number of carbonyl (C=O) groups is 1. The molecule has 2 N–H and O–H groups in total. The van der Waals surface area contributed by atoms with E-state index in [0.717, 1.165) is 48.6 Å². The smallest absolute Gasteiger partial charge is 0.246 e. The van der Waals surface area contributed by atoms with E-state index in [-0.39, 0.29) is 11.3 Å². The van der Waals surface area contributed by atoms with Crippen molar-refractivity contribution in [2.45, 2.75) is 24.8 Å². The largest absolute Gasteiger partial charge is 0.492 e. The van der Waals surface area contributed by atoms with Crippen LogP contribution in [-0.2, 0) is 21.5 Å². The molecule has 4 rings (SSSR count). The standard InChI is InChI=1S/C25H30N2O4/c1-29-13-14-30-21-4-2-3-19(15-21)6-8-24(28)27-11-9-25(10-12-27)18-31-23-7-5-20(17-26)16-22(23)25/h2-8,15-16H,9-14,17-18,26H2,1H3/b8-6+. The fourth-order valence-corrected chi connectivity index (χ4v) is 4.33. The number of hydrogen-bond acceptors (Lipinski definition) is 5. The number of carbonyl (C=O) groups excluding carboxylic acids is 1. The number of hydrogen-bond donors (Lipinski definition) is 1. The van der Waals surface area contributed by atoms with Gasteiger partial charge in [0.05, 0.1) is 13.2 Å². The van der Waals surface area contributed by atoms with Crippen molar-refractivity contribution in [3.8, 4) is 11.5 Å². The third-order valence-corrected chi connectivity index (χ3v) is 6.22. The number of rotatable bonds is 7. The molecule has 2 aliphatic heterocycles. The summed E-state index contributed by atoms with van der Waals surface area (Å²) >= 11 is 0. The zero-order chi connectivity index (χ0) is 21.7. The van der Waals surface area contributed by atoms with Gasteiger partial charge in [-0.25, -0.2) is 0 Å². The van der Waals surface area contributed by atoms with Crippen LogP contribution in [0.15, 0.2) is 48.5 Å². The maximum atomic E-state index is 12.8. The maximum absolute atomic E-state index is 12.8. The summed E-state index contributed by atoms with van der Waals surface area (Å²) in [4.78, 5) is 14.7. The van der Waals surface area contributed by atoms with Gasteiger partial charge in [0, 0.05) is 43.8 Å². The van der Waals surface area contributed by atoms with Crippen LogP contribution in [0.2, 0.25) is 0 Å². The SMILES string of the molecule is COCCOc1cccc(/C=C/C(=O)N2CCC3(CC2)COc2ccc(CN)cc23)c1. The molecule has 164 valence electrons. The molecule has 0 unspecified atom stereocenters. The van der Waals surface area contributed by atoms with Gasteiger partial charge < -0.3 is 24.8 Å². The molecule has 0 atom stereocenters. The van der Waals surface area contributed by atoms with Gasteiger partial charge in [-0.05, 0) is 48.2 Å². The van der Waals surface area contributed by atoms with Gasteiger partial charge in [-0.15, -0.1) is 0 Å². The lowest BCUT2D eigenvalue weighted by molar-refractivity contribution is -0.127. The van der Waals surface area contributed by atoms with Gasteiger partial charge in [-0.3, -0.25) is 4.79 Å². The summed E-state index contributed by atoms with van der Waals surface area (Å²) in [6, 6.07) is 13.9. The molecule has 0 saturated carbocycles. The van der Waals surface area contributed by atoms with E-state index in [4.69, 9.17) is 19.9 Å². The van der Waals surface area contributed by atoms with Crippen molar-refractivity contribution in [2.24, 2.45) is 5.73 Å². The van der Waals surface area contributed by atoms with E-state index in [1.807, 2.05) is 47.4 Å². The molecule has 1 fully saturated rings. The Balaban J connectivity index is 1.36. The molecule has 6 heteroatoms. The average molecular weight is 423 g/mol. The summed E-state index contributed by atoms with van der Waals surface area (Å²) in [6.45, 7) is 3.69. The second-order valence-electron chi connectivity index (χ2n) is 8.18. The number of nitrogens with zero attached hydrogens (tertiary/aromatic N) is 1. The summed E-state index contributed by atoms with van der Waals surface area (Å²) in [5.41, 5.74) is 9.14. The molecule has 1 saturated heterocycles. The number of nitrogens with two attached hydrogens (primary N) is 1. The van der Waals surface area contributed by atoms with Crippen LogP contribution in [0.1, 0.15) is 29.5 Å². The molecule has 2 aromatic rings. The van der Waals surface area contributed by atoms with Gasteiger partial charge in [0.25, 0.3) is 0 Å². The molecule has 1 amide bonds. The summed E-state index contributed by atoms with van der Waals surface area (Å²) in [5, 5.41) is 0. The number of piperidine rings is 1. The van der Waals surface area contributed by atoms with Crippen molar-refractivity contribution >= 4 is 12.0 Å². The minimum absolute atomic E-state index is 0.00508. The van der Waals surface area contributed by atoms with Crippen LogP contribution in [0, 0.1) is 0 Å². The molecule has 6 nitrogen and oxygen atoms in total. The van der Waals surface area contributed by atoms with Gasteiger partial charge in [-0.1, -0.05) is 24.3 Å². The van der Waals surface area contributed by atoms with Crippen molar-refractivity contribution in [3.05, 3.63) is 65.2 Å². The Bertz CT molecular complexity index is 948. The minimum Gasteiger partial charge on any atom is -0.492 e. The number of ether oxygens (including phenoxy) is 3. The topological polar surface area (TPSA) is 74.0 Å².